The van der Waals surface area contributed by atoms with Crippen LogP contribution in [0.3, 0.4) is 0 Å². The Morgan fingerprint density at radius 3 is 2.42 bits per heavy atom. The Labute approximate surface area is 153 Å². The maximum atomic E-state index is 12.4. The molecular formula is C18H20N2O4S2. The summed E-state index contributed by atoms with van der Waals surface area (Å²) < 4.78 is 52.5. The van der Waals surface area contributed by atoms with Crippen LogP contribution in [0.5, 0.6) is 0 Å². The fourth-order valence-corrected chi connectivity index (χ4v) is 4.61. The van der Waals surface area contributed by atoms with Crippen LogP contribution in [0, 0.1) is 0 Å². The Bertz CT molecular complexity index is 1130. The number of fused-ring (bicyclic) bond motifs is 1. The molecule has 0 amide bonds. The molecule has 0 spiro atoms. The molecule has 0 saturated heterocycles. The van der Waals surface area contributed by atoms with Crippen LogP contribution in [-0.4, -0.2) is 34.2 Å². The van der Waals surface area contributed by atoms with Crippen molar-refractivity contribution in [2.24, 2.45) is 0 Å². The van der Waals surface area contributed by atoms with Crippen LogP contribution in [0.1, 0.15) is 6.42 Å². The largest absolute Gasteiger partial charge is 0.347 e. The van der Waals surface area contributed by atoms with Gasteiger partial charge in [0.1, 0.15) is 0 Å². The number of aromatic nitrogens is 1. The molecule has 26 heavy (non-hydrogen) atoms. The molecule has 0 bridgehead atoms. The van der Waals surface area contributed by atoms with Crippen molar-refractivity contribution >= 4 is 30.8 Å². The van der Waals surface area contributed by atoms with Gasteiger partial charge in [0.2, 0.25) is 10.0 Å². The first-order valence-electron chi connectivity index (χ1n) is 8.11. The molecule has 0 unspecified atom stereocenters. The Hall–Kier alpha value is -2.16. The van der Waals surface area contributed by atoms with Crippen molar-refractivity contribution in [1.82, 2.24) is 9.29 Å². The second kappa shape index (κ2) is 7.22. The van der Waals surface area contributed by atoms with Crippen molar-refractivity contribution in [1.29, 1.82) is 0 Å². The van der Waals surface area contributed by atoms with Crippen molar-refractivity contribution in [3.63, 3.8) is 0 Å². The molecule has 8 heteroatoms. The highest BCUT2D eigenvalue weighted by molar-refractivity contribution is 7.91. The minimum Gasteiger partial charge on any atom is -0.347 e. The third kappa shape index (κ3) is 4.14. The smallest absolute Gasteiger partial charge is 0.240 e. The minimum atomic E-state index is -3.75. The lowest BCUT2D eigenvalue weighted by Gasteiger charge is -2.09. The van der Waals surface area contributed by atoms with Crippen LogP contribution >= 0.6 is 0 Å². The second-order valence-corrected chi connectivity index (χ2v) is 9.85. The van der Waals surface area contributed by atoms with Crippen molar-refractivity contribution < 1.29 is 16.8 Å². The van der Waals surface area contributed by atoms with E-state index in [-0.39, 0.29) is 16.3 Å². The van der Waals surface area contributed by atoms with Crippen LogP contribution in [-0.2, 0) is 26.4 Å². The van der Waals surface area contributed by atoms with Gasteiger partial charge in [-0.1, -0.05) is 24.3 Å². The molecule has 3 aromatic rings. The van der Waals surface area contributed by atoms with E-state index in [4.69, 9.17) is 0 Å². The number of sulfone groups is 1. The summed E-state index contributed by atoms with van der Waals surface area (Å²) in [4.78, 5) is -0.0639. The molecule has 0 radical (unpaired) electrons. The minimum absolute atomic E-state index is 0.0146. The number of benzene rings is 2. The summed E-state index contributed by atoms with van der Waals surface area (Å²) in [6, 6.07) is 15.4. The quantitative estimate of drug-likeness (QED) is 0.626. The van der Waals surface area contributed by atoms with Crippen LogP contribution in [0.15, 0.2) is 70.6 Å². The van der Waals surface area contributed by atoms with Gasteiger partial charge in [-0.2, -0.15) is 0 Å². The zero-order valence-electron chi connectivity index (χ0n) is 14.3. The SMILES string of the molecule is CS(=O)(=O)c1cccc(S(=O)(=O)NCCCn2ccc3ccccc32)c1. The highest BCUT2D eigenvalue weighted by Crippen LogP contribution is 2.17. The first kappa shape index (κ1) is 18.6. The van der Waals surface area contributed by atoms with Crippen LogP contribution < -0.4 is 4.72 Å². The highest BCUT2D eigenvalue weighted by atomic mass is 32.2. The molecule has 0 atom stereocenters. The van der Waals surface area contributed by atoms with Gasteiger partial charge in [0.25, 0.3) is 0 Å². The fourth-order valence-electron chi connectivity index (χ4n) is 2.75. The molecule has 2 aromatic carbocycles. The van der Waals surface area contributed by atoms with E-state index in [0.717, 1.165) is 17.2 Å². The molecule has 0 aliphatic carbocycles. The Kier molecular flexibility index (Phi) is 5.17. The zero-order valence-corrected chi connectivity index (χ0v) is 15.9. The number of nitrogens with one attached hydrogen (secondary N) is 1. The third-order valence-electron chi connectivity index (χ3n) is 4.09. The van der Waals surface area contributed by atoms with Gasteiger partial charge in [-0.25, -0.2) is 21.6 Å². The summed E-state index contributed by atoms with van der Waals surface area (Å²) >= 11 is 0. The van der Waals surface area contributed by atoms with E-state index in [1.54, 1.807) is 0 Å². The highest BCUT2D eigenvalue weighted by Gasteiger charge is 2.16. The number of rotatable bonds is 7. The fraction of sp³-hybridized carbons (Fsp3) is 0.222. The van der Waals surface area contributed by atoms with E-state index >= 15 is 0 Å². The van der Waals surface area contributed by atoms with E-state index in [1.807, 2.05) is 36.5 Å². The lowest BCUT2D eigenvalue weighted by atomic mass is 10.2. The predicted octanol–water partition coefficient (Wildman–Crippen LogP) is 2.41. The van der Waals surface area contributed by atoms with Crippen molar-refractivity contribution in [2.75, 3.05) is 12.8 Å². The first-order chi connectivity index (χ1) is 12.3. The topological polar surface area (TPSA) is 85.2 Å². The van der Waals surface area contributed by atoms with Gasteiger partial charge < -0.3 is 4.57 Å². The van der Waals surface area contributed by atoms with E-state index in [0.29, 0.717) is 13.0 Å². The molecule has 0 fully saturated rings. The monoisotopic (exact) mass is 392 g/mol. The molecule has 1 N–H and O–H groups in total. The molecule has 0 aliphatic heterocycles. The molecule has 6 nitrogen and oxygen atoms in total. The third-order valence-corrected chi connectivity index (χ3v) is 6.66. The van der Waals surface area contributed by atoms with Crippen LogP contribution in [0.25, 0.3) is 10.9 Å². The molecule has 3 rings (SSSR count). The van der Waals surface area contributed by atoms with Crippen molar-refractivity contribution in [3.05, 3.63) is 60.8 Å². The standard InChI is InChI=1S/C18H20N2O4S2/c1-25(21,22)16-7-4-8-17(14-16)26(23,24)19-11-5-12-20-13-10-15-6-2-3-9-18(15)20/h2-4,6-10,13-14,19H,5,11-12H2,1H3. The van der Waals surface area contributed by atoms with E-state index in [1.165, 1.54) is 24.3 Å². The lowest BCUT2D eigenvalue weighted by Crippen LogP contribution is -2.25. The van der Waals surface area contributed by atoms with E-state index < -0.39 is 19.9 Å². The van der Waals surface area contributed by atoms with E-state index in [9.17, 15) is 16.8 Å². The number of para-hydroxylation sites is 1. The van der Waals surface area contributed by atoms with Crippen LogP contribution in [0.2, 0.25) is 0 Å². The summed E-state index contributed by atoms with van der Waals surface area (Å²) in [7, 11) is -7.21. The average Bonchev–Trinajstić information content (AvgIpc) is 3.01. The van der Waals surface area contributed by atoms with Crippen molar-refractivity contribution in [3.8, 4) is 0 Å². The van der Waals surface area contributed by atoms with Gasteiger partial charge in [0.05, 0.1) is 9.79 Å². The predicted molar refractivity (Wildman–Crippen MR) is 101 cm³/mol. The van der Waals surface area contributed by atoms with Gasteiger partial charge in [-0.15, -0.1) is 0 Å². The van der Waals surface area contributed by atoms with Crippen LogP contribution in [0.4, 0.5) is 0 Å². The summed E-state index contributed by atoms with van der Waals surface area (Å²) in [5.41, 5.74) is 1.11. The summed E-state index contributed by atoms with van der Waals surface area (Å²) in [6.07, 6.45) is 3.64. The number of aryl methyl sites for hydroxylation is 1. The maximum absolute atomic E-state index is 12.4. The Morgan fingerprint density at radius 1 is 0.923 bits per heavy atom. The number of nitrogens with zero attached hydrogens (tertiary/aromatic N) is 1. The molecular weight excluding hydrogens is 372 g/mol. The summed E-state index contributed by atoms with van der Waals surface area (Å²) in [5, 5.41) is 1.14. The van der Waals surface area contributed by atoms with E-state index in [2.05, 4.69) is 9.29 Å². The number of sulfonamides is 1. The maximum Gasteiger partial charge on any atom is 0.240 e. The Morgan fingerprint density at radius 2 is 1.65 bits per heavy atom. The first-order valence-corrected chi connectivity index (χ1v) is 11.5. The zero-order chi connectivity index (χ0) is 18.8. The molecule has 1 aromatic heterocycles. The van der Waals surface area contributed by atoms with Gasteiger partial charge in [-0.3, -0.25) is 0 Å². The number of hydrogen-bond acceptors (Lipinski definition) is 4. The number of hydrogen-bond donors (Lipinski definition) is 1. The molecule has 138 valence electrons. The normalized spacial score (nSPS) is 12.5. The van der Waals surface area contributed by atoms with Crippen molar-refractivity contribution in [2.45, 2.75) is 22.8 Å². The summed E-state index contributed by atoms with van der Waals surface area (Å²) in [6.45, 7) is 0.942. The molecule has 1 heterocycles. The Balaban J connectivity index is 1.64. The van der Waals surface area contributed by atoms with Gasteiger partial charge in [0.15, 0.2) is 9.84 Å². The molecule has 0 saturated carbocycles. The average molecular weight is 393 g/mol. The van der Waals surface area contributed by atoms with Gasteiger partial charge in [-0.05, 0) is 42.1 Å². The lowest BCUT2D eigenvalue weighted by molar-refractivity contribution is 0.572. The van der Waals surface area contributed by atoms with Gasteiger partial charge in [0, 0.05) is 31.1 Å². The second-order valence-electron chi connectivity index (χ2n) is 6.07. The molecule has 0 aliphatic rings. The summed E-state index contributed by atoms with van der Waals surface area (Å²) in [5.74, 6) is 0. The van der Waals surface area contributed by atoms with Gasteiger partial charge >= 0.3 is 0 Å².